The van der Waals surface area contributed by atoms with E-state index in [0.29, 0.717) is 27.6 Å². The predicted octanol–water partition coefficient (Wildman–Crippen LogP) is 3.48. The van der Waals surface area contributed by atoms with Gasteiger partial charge in [0.1, 0.15) is 0 Å². The Bertz CT molecular complexity index is 690. The highest BCUT2D eigenvalue weighted by Gasteiger charge is 2.10. The minimum absolute atomic E-state index is 0.121. The van der Waals surface area contributed by atoms with Crippen molar-refractivity contribution < 1.29 is 14.3 Å². The summed E-state index contributed by atoms with van der Waals surface area (Å²) in [4.78, 5) is 12.0. The molecular weight excluding hydrogens is 290 g/mol. The predicted molar refractivity (Wildman–Crippen MR) is 79.0 cm³/mol. The molecule has 0 N–H and O–H groups in total. The first kappa shape index (κ1) is 14.9. The van der Waals surface area contributed by atoms with E-state index in [2.05, 4.69) is 0 Å². The van der Waals surface area contributed by atoms with Crippen LogP contribution in [0, 0.1) is 11.3 Å². The highest BCUT2D eigenvalue weighted by atomic mass is 35.5. The molecule has 2 aromatic rings. The number of ketones is 1. The standard InChI is InChI=1S/C16H12ClNO3/c1-20-16-8-11(9-18)2-7-15(16)21-10-14(19)12-3-5-13(17)6-4-12/h2-8H,10H2,1H3. The average Bonchev–Trinajstić information content (AvgIpc) is 2.53. The van der Waals surface area contributed by atoms with Crippen LogP contribution in [0.5, 0.6) is 11.5 Å². The first-order chi connectivity index (χ1) is 10.1. The number of hydrogen-bond donors (Lipinski definition) is 0. The van der Waals surface area contributed by atoms with Gasteiger partial charge in [0.2, 0.25) is 0 Å². The Hall–Kier alpha value is -2.51. The second-order valence-corrected chi connectivity index (χ2v) is 4.63. The van der Waals surface area contributed by atoms with Gasteiger partial charge in [0.15, 0.2) is 23.9 Å². The van der Waals surface area contributed by atoms with Crippen LogP contribution in [0.3, 0.4) is 0 Å². The molecule has 0 unspecified atom stereocenters. The molecule has 5 heteroatoms. The van der Waals surface area contributed by atoms with Crippen molar-refractivity contribution in [1.29, 1.82) is 5.26 Å². The molecule has 0 saturated carbocycles. The molecule has 21 heavy (non-hydrogen) atoms. The summed E-state index contributed by atoms with van der Waals surface area (Å²) in [6, 6.07) is 13.4. The maximum absolute atomic E-state index is 12.0. The lowest BCUT2D eigenvalue weighted by Gasteiger charge is -2.10. The third-order valence-electron chi connectivity index (χ3n) is 2.82. The van der Waals surface area contributed by atoms with Crippen molar-refractivity contribution >= 4 is 17.4 Å². The van der Waals surface area contributed by atoms with E-state index in [9.17, 15) is 4.79 Å². The lowest BCUT2D eigenvalue weighted by atomic mass is 10.1. The van der Waals surface area contributed by atoms with Crippen LogP contribution in [-0.2, 0) is 0 Å². The zero-order valence-electron chi connectivity index (χ0n) is 11.3. The Kier molecular flexibility index (Phi) is 4.81. The third-order valence-corrected chi connectivity index (χ3v) is 3.07. The van der Waals surface area contributed by atoms with Crippen LogP contribution in [0.2, 0.25) is 5.02 Å². The first-order valence-corrected chi connectivity index (χ1v) is 6.51. The number of ether oxygens (including phenoxy) is 2. The molecule has 2 rings (SSSR count). The van der Waals surface area contributed by atoms with Crippen molar-refractivity contribution in [3.8, 4) is 17.6 Å². The van der Waals surface area contributed by atoms with E-state index >= 15 is 0 Å². The lowest BCUT2D eigenvalue weighted by Crippen LogP contribution is -2.12. The summed E-state index contributed by atoms with van der Waals surface area (Å²) < 4.78 is 10.6. The minimum Gasteiger partial charge on any atom is -0.493 e. The smallest absolute Gasteiger partial charge is 0.200 e. The van der Waals surface area contributed by atoms with Crippen molar-refractivity contribution in [2.75, 3.05) is 13.7 Å². The second kappa shape index (κ2) is 6.78. The molecule has 0 heterocycles. The zero-order valence-corrected chi connectivity index (χ0v) is 12.1. The maximum Gasteiger partial charge on any atom is 0.200 e. The summed E-state index contributed by atoms with van der Waals surface area (Å²) in [6.07, 6.45) is 0. The molecule has 2 aromatic carbocycles. The Labute approximate surface area is 127 Å². The van der Waals surface area contributed by atoms with Gasteiger partial charge in [-0.05, 0) is 36.4 Å². The fraction of sp³-hybridized carbons (Fsp3) is 0.125. The van der Waals surface area contributed by atoms with E-state index in [1.807, 2.05) is 6.07 Å². The van der Waals surface area contributed by atoms with Crippen LogP contribution in [0.1, 0.15) is 15.9 Å². The lowest BCUT2D eigenvalue weighted by molar-refractivity contribution is 0.0919. The van der Waals surface area contributed by atoms with E-state index in [0.717, 1.165) is 0 Å². The summed E-state index contributed by atoms with van der Waals surface area (Å²) in [7, 11) is 1.48. The minimum atomic E-state index is -0.168. The molecule has 0 atom stereocenters. The van der Waals surface area contributed by atoms with Crippen LogP contribution < -0.4 is 9.47 Å². The normalized spacial score (nSPS) is 9.76. The van der Waals surface area contributed by atoms with Crippen LogP contribution in [0.25, 0.3) is 0 Å². The number of carbonyl (C=O) groups excluding carboxylic acids is 1. The number of rotatable bonds is 5. The van der Waals surface area contributed by atoms with Crippen molar-refractivity contribution in [3.05, 3.63) is 58.6 Å². The number of benzene rings is 2. The molecule has 0 aliphatic heterocycles. The molecule has 0 aliphatic carbocycles. The van der Waals surface area contributed by atoms with Crippen molar-refractivity contribution in [2.24, 2.45) is 0 Å². The zero-order chi connectivity index (χ0) is 15.2. The Morgan fingerprint density at radius 3 is 2.52 bits per heavy atom. The summed E-state index contributed by atoms with van der Waals surface area (Å²) >= 11 is 5.77. The third kappa shape index (κ3) is 3.74. The molecule has 0 bridgehead atoms. The van der Waals surface area contributed by atoms with E-state index in [4.69, 9.17) is 26.3 Å². The van der Waals surface area contributed by atoms with Gasteiger partial charge in [0.05, 0.1) is 18.7 Å². The van der Waals surface area contributed by atoms with E-state index in [1.54, 1.807) is 42.5 Å². The van der Waals surface area contributed by atoms with Gasteiger partial charge in [-0.1, -0.05) is 11.6 Å². The molecule has 0 spiro atoms. The summed E-state index contributed by atoms with van der Waals surface area (Å²) in [5, 5.41) is 9.40. The summed E-state index contributed by atoms with van der Waals surface area (Å²) in [5.41, 5.74) is 0.982. The van der Waals surface area contributed by atoms with Gasteiger partial charge in [-0.15, -0.1) is 0 Å². The highest BCUT2D eigenvalue weighted by Crippen LogP contribution is 2.27. The number of nitrogens with zero attached hydrogens (tertiary/aromatic N) is 1. The molecule has 0 fully saturated rings. The van der Waals surface area contributed by atoms with E-state index in [-0.39, 0.29) is 12.4 Å². The molecule has 4 nitrogen and oxygen atoms in total. The van der Waals surface area contributed by atoms with Gasteiger partial charge in [0, 0.05) is 16.7 Å². The Morgan fingerprint density at radius 2 is 1.90 bits per heavy atom. The molecule has 0 radical (unpaired) electrons. The monoisotopic (exact) mass is 301 g/mol. The number of hydrogen-bond acceptors (Lipinski definition) is 4. The fourth-order valence-electron chi connectivity index (χ4n) is 1.72. The first-order valence-electron chi connectivity index (χ1n) is 6.13. The van der Waals surface area contributed by atoms with Crippen molar-refractivity contribution in [3.63, 3.8) is 0 Å². The molecule has 106 valence electrons. The van der Waals surface area contributed by atoms with Crippen molar-refractivity contribution in [2.45, 2.75) is 0 Å². The highest BCUT2D eigenvalue weighted by molar-refractivity contribution is 6.30. The van der Waals surface area contributed by atoms with Crippen molar-refractivity contribution in [1.82, 2.24) is 0 Å². The number of methoxy groups -OCH3 is 1. The number of nitriles is 1. The van der Waals surface area contributed by atoms with Crippen LogP contribution in [0.15, 0.2) is 42.5 Å². The number of carbonyl (C=O) groups is 1. The van der Waals surface area contributed by atoms with Gasteiger partial charge in [-0.2, -0.15) is 5.26 Å². The van der Waals surface area contributed by atoms with Crippen LogP contribution >= 0.6 is 11.6 Å². The van der Waals surface area contributed by atoms with Gasteiger partial charge in [-0.3, -0.25) is 4.79 Å². The number of Topliss-reactive ketones (excluding diaryl/α,β-unsaturated/α-hetero) is 1. The topological polar surface area (TPSA) is 59.3 Å². The molecular formula is C16H12ClNO3. The Balaban J connectivity index is 2.07. The molecule has 0 amide bonds. The van der Waals surface area contributed by atoms with Gasteiger partial charge >= 0.3 is 0 Å². The van der Waals surface area contributed by atoms with Gasteiger partial charge in [-0.25, -0.2) is 0 Å². The van der Waals surface area contributed by atoms with Crippen LogP contribution in [0.4, 0.5) is 0 Å². The van der Waals surface area contributed by atoms with E-state index in [1.165, 1.54) is 7.11 Å². The SMILES string of the molecule is COc1cc(C#N)ccc1OCC(=O)c1ccc(Cl)cc1. The Morgan fingerprint density at radius 1 is 1.19 bits per heavy atom. The summed E-state index contributed by atoms with van der Waals surface area (Å²) in [6.45, 7) is -0.121. The second-order valence-electron chi connectivity index (χ2n) is 4.20. The van der Waals surface area contributed by atoms with Gasteiger partial charge in [0.25, 0.3) is 0 Å². The molecule has 0 saturated heterocycles. The molecule has 0 aromatic heterocycles. The summed E-state index contributed by atoms with van der Waals surface area (Å²) in [5.74, 6) is 0.662. The average molecular weight is 302 g/mol. The maximum atomic E-state index is 12.0. The quantitative estimate of drug-likeness (QED) is 0.793. The van der Waals surface area contributed by atoms with Gasteiger partial charge < -0.3 is 9.47 Å². The largest absolute Gasteiger partial charge is 0.493 e. The van der Waals surface area contributed by atoms with Crippen LogP contribution in [-0.4, -0.2) is 19.5 Å². The fourth-order valence-corrected chi connectivity index (χ4v) is 1.84. The number of halogens is 1. The molecule has 0 aliphatic rings. The van der Waals surface area contributed by atoms with E-state index < -0.39 is 0 Å².